The lowest BCUT2D eigenvalue weighted by atomic mass is 10.1. The molecule has 1 saturated carbocycles. The molecule has 0 spiro atoms. The molecule has 0 radical (unpaired) electrons. The van der Waals surface area contributed by atoms with E-state index in [9.17, 15) is 4.79 Å². The number of hydrogen-bond donors (Lipinski definition) is 0. The van der Waals surface area contributed by atoms with Crippen LogP contribution in [0.25, 0.3) is 0 Å². The van der Waals surface area contributed by atoms with Gasteiger partial charge in [-0.15, -0.1) is 0 Å². The second-order valence-corrected chi connectivity index (χ2v) is 5.62. The first-order valence-corrected chi connectivity index (χ1v) is 7.43. The summed E-state index contributed by atoms with van der Waals surface area (Å²) in [6.45, 7) is 1.73. The number of rotatable bonds is 5. The molecule has 1 aliphatic heterocycles. The molecule has 2 aliphatic rings. The van der Waals surface area contributed by atoms with Crippen LogP contribution in [0.15, 0.2) is 4.52 Å². The minimum Gasteiger partial charge on any atom is -0.343 e. The molecule has 1 aromatic heterocycles. The highest BCUT2D eigenvalue weighted by molar-refractivity contribution is 5.77. The van der Waals surface area contributed by atoms with Crippen molar-refractivity contribution in [3.63, 3.8) is 0 Å². The van der Waals surface area contributed by atoms with Crippen LogP contribution in [0, 0.1) is 0 Å². The Hall–Kier alpha value is -1.39. The Labute approximate surface area is 113 Å². The summed E-state index contributed by atoms with van der Waals surface area (Å²) in [5.41, 5.74) is 0. The number of aryl methyl sites for hydroxylation is 1. The molecule has 19 heavy (non-hydrogen) atoms. The number of likely N-dealkylation sites (tertiary alicyclic amines) is 1. The fourth-order valence-corrected chi connectivity index (χ4v) is 3.08. The van der Waals surface area contributed by atoms with Crippen LogP contribution < -0.4 is 0 Å². The van der Waals surface area contributed by atoms with Gasteiger partial charge in [0.15, 0.2) is 5.82 Å². The van der Waals surface area contributed by atoms with Gasteiger partial charge in [-0.25, -0.2) is 0 Å². The molecular weight excluding hydrogens is 242 g/mol. The van der Waals surface area contributed by atoms with Crippen LogP contribution in [0.2, 0.25) is 0 Å². The number of carbonyl (C=O) groups excluding carboxylic acids is 1. The van der Waals surface area contributed by atoms with Crippen molar-refractivity contribution in [3.8, 4) is 0 Å². The van der Waals surface area contributed by atoms with E-state index in [-0.39, 0.29) is 5.91 Å². The Morgan fingerprint density at radius 2 is 2.11 bits per heavy atom. The van der Waals surface area contributed by atoms with E-state index < -0.39 is 0 Å². The molecule has 104 valence electrons. The number of hydrogen-bond acceptors (Lipinski definition) is 4. The molecule has 2 heterocycles. The van der Waals surface area contributed by atoms with Crippen molar-refractivity contribution in [2.24, 2.45) is 0 Å². The zero-order valence-corrected chi connectivity index (χ0v) is 11.3. The first-order chi connectivity index (χ1) is 9.33. The Balaban J connectivity index is 1.46. The van der Waals surface area contributed by atoms with Crippen LogP contribution in [0.1, 0.15) is 62.6 Å². The van der Waals surface area contributed by atoms with E-state index in [1.54, 1.807) is 0 Å². The van der Waals surface area contributed by atoms with E-state index in [0.29, 0.717) is 12.3 Å². The molecule has 3 rings (SSSR count). The highest BCUT2D eigenvalue weighted by Gasteiger charge is 2.23. The summed E-state index contributed by atoms with van der Waals surface area (Å²) >= 11 is 0. The third kappa shape index (κ3) is 2.96. The second kappa shape index (κ2) is 5.72. The van der Waals surface area contributed by atoms with Gasteiger partial charge in [-0.3, -0.25) is 4.79 Å². The molecule has 0 bridgehead atoms. The monoisotopic (exact) mass is 263 g/mol. The van der Waals surface area contributed by atoms with Crippen molar-refractivity contribution < 1.29 is 9.32 Å². The van der Waals surface area contributed by atoms with E-state index in [1.807, 2.05) is 4.90 Å². The van der Waals surface area contributed by atoms with Gasteiger partial charge in [0.05, 0.1) is 0 Å². The molecule has 0 N–H and O–H groups in total. The Kier molecular flexibility index (Phi) is 3.80. The van der Waals surface area contributed by atoms with Crippen LogP contribution in [0.5, 0.6) is 0 Å². The van der Waals surface area contributed by atoms with E-state index in [1.165, 1.54) is 25.7 Å². The Morgan fingerprint density at radius 3 is 2.84 bits per heavy atom. The van der Waals surface area contributed by atoms with Gasteiger partial charge in [-0.2, -0.15) is 4.98 Å². The normalized spacial score (nSPS) is 20.6. The van der Waals surface area contributed by atoms with Gasteiger partial charge in [0.1, 0.15) is 0 Å². The molecule has 2 fully saturated rings. The number of carbonyl (C=O) groups is 1. The molecular formula is C14H21N3O2. The summed E-state index contributed by atoms with van der Waals surface area (Å²) in [6.07, 6.45) is 8.37. The third-order valence-electron chi connectivity index (χ3n) is 4.19. The van der Waals surface area contributed by atoms with Crippen LogP contribution in [0.3, 0.4) is 0 Å². The van der Waals surface area contributed by atoms with Crippen LogP contribution >= 0.6 is 0 Å². The second-order valence-electron chi connectivity index (χ2n) is 5.62. The van der Waals surface area contributed by atoms with Crippen molar-refractivity contribution >= 4 is 5.91 Å². The van der Waals surface area contributed by atoms with Crippen molar-refractivity contribution in [2.75, 3.05) is 13.1 Å². The molecule has 0 aromatic carbocycles. The zero-order valence-electron chi connectivity index (χ0n) is 11.3. The van der Waals surface area contributed by atoms with Gasteiger partial charge >= 0.3 is 0 Å². The quantitative estimate of drug-likeness (QED) is 0.817. The van der Waals surface area contributed by atoms with Gasteiger partial charge in [0.2, 0.25) is 11.8 Å². The van der Waals surface area contributed by atoms with E-state index in [0.717, 1.165) is 44.1 Å². The highest BCUT2D eigenvalue weighted by Crippen LogP contribution is 2.32. The van der Waals surface area contributed by atoms with Gasteiger partial charge < -0.3 is 9.42 Å². The average Bonchev–Trinajstić information content (AvgIpc) is 3.11. The van der Waals surface area contributed by atoms with Crippen molar-refractivity contribution in [2.45, 2.75) is 57.3 Å². The fraction of sp³-hybridized carbons (Fsp3) is 0.786. The lowest BCUT2D eigenvalue weighted by molar-refractivity contribution is -0.127. The molecule has 0 unspecified atom stereocenters. The molecule has 1 aliphatic carbocycles. The predicted octanol–water partition coefficient (Wildman–Crippen LogP) is 2.28. The molecule has 1 amide bonds. The summed E-state index contributed by atoms with van der Waals surface area (Å²) in [7, 11) is 0. The average molecular weight is 263 g/mol. The molecule has 0 atom stereocenters. The standard InChI is InChI=1S/C14H21N3O2/c18-13-8-4-10-17(13)9-3-7-12-15-14(16-19-12)11-5-1-2-6-11/h11H,1-10H2. The number of aromatic nitrogens is 2. The largest absolute Gasteiger partial charge is 0.343 e. The van der Waals surface area contributed by atoms with Crippen LogP contribution in [0.4, 0.5) is 0 Å². The Morgan fingerprint density at radius 1 is 1.26 bits per heavy atom. The maximum absolute atomic E-state index is 11.5. The van der Waals surface area contributed by atoms with Crippen LogP contribution in [-0.2, 0) is 11.2 Å². The van der Waals surface area contributed by atoms with Crippen molar-refractivity contribution in [3.05, 3.63) is 11.7 Å². The van der Waals surface area contributed by atoms with Gasteiger partial charge in [-0.05, 0) is 25.7 Å². The summed E-state index contributed by atoms with van der Waals surface area (Å²) in [5.74, 6) is 2.42. The maximum Gasteiger partial charge on any atom is 0.226 e. The summed E-state index contributed by atoms with van der Waals surface area (Å²) in [4.78, 5) is 17.9. The van der Waals surface area contributed by atoms with E-state index in [4.69, 9.17) is 4.52 Å². The van der Waals surface area contributed by atoms with E-state index in [2.05, 4.69) is 10.1 Å². The Bertz CT molecular complexity index is 438. The summed E-state index contributed by atoms with van der Waals surface area (Å²) < 4.78 is 5.30. The molecule has 5 nitrogen and oxygen atoms in total. The number of nitrogens with zero attached hydrogens (tertiary/aromatic N) is 3. The van der Waals surface area contributed by atoms with Crippen molar-refractivity contribution in [1.29, 1.82) is 0 Å². The predicted molar refractivity (Wildman–Crippen MR) is 69.6 cm³/mol. The highest BCUT2D eigenvalue weighted by atomic mass is 16.5. The van der Waals surface area contributed by atoms with Gasteiger partial charge in [0, 0.05) is 31.8 Å². The zero-order chi connectivity index (χ0) is 13.1. The number of amides is 1. The minimum atomic E-state index is 0.289. The topological polar surface area (TPSA) is 59.2 Å². The molecule has 5 heteroatoms. The van der Waals surface area contributed by atoms with Gasteiger partial charge in [0.25, 0.3) is 0 Å². The van der Waals surface area contributed by atoms with Crippen molar-refractivity contribution in [1.82, 2.24) is 15.0 Å². The first-order valence-electron chi connectivity index (χ1n) is 7.43. The van der Waals surface area contributed by atoms with Crippen LogP contribution in [-0.4, -0.2) is 34.0 Å². The third-order valence-corrected chi connectivity index (χ3v) is 4.19. The van der Waals surface area contributed by atoms with E-state index >= 15 is 0 Å². The van der Waals surface area contributed by atoms with Gasteiger partial charge in [-0.1, -0.05) is 18.0 Å². The SMILES string of the molecule is O=C1CCCN1CCCc1nc(C2CCCC2)no1. The lowest BCUT2D eigenvalue weighted by Gasteiger charge is -2.13. The lowest BCUT2D eigenvalue weighted by Crippen LogP contribution is -2.25. The summed E-state index contributed by atoms with van der Waals surface area (Å²) in [5, 5.41) is 4.10. The minimum absolute atomic E-state index is 0.289. The molecule has 1 saturated heterocycles. The first kappa shape index (κ1) is 12.6. The molecule has 1 aromatic rings. The summed E-state index contributed by atoms with van der Waals surface area (Å²) in [6, 6.07) is 0. The smallest absolute Gasteiger partial charge is 0.226 e. The maximum atomic E-state index is 11.5. The fourth-order valence-electron chi connectivity index (χ4n) is 3.08.